The Morgan fingerprint density at radius 2 is 2.05 bits per heavy atom. The molecule has 0 saturated heterocycles. The van der Waals surface area contributed by atoms with Gasteiger partial charge in [0, 0.05) is 6.07 Å². The third-order valence-corrected chi connectivity index (χ3v) is 2.60. The molecule has 0 saturated carbocycles. The summed E-state index contributed by atoms with van der Waals surface area (Å²) in [6.45, 7) is 0. The number of non-ortho nitro benzene ring substituents is 1. The largest absolute Gasteiger partial charge is 0.301 e. The molecular formula is C12H10N4O4. The van der Waals surface area contributed by atoms with E-state index in [1.165, 1.54) is 12.1 Å². The number of nitrogens with one attached hydrogen (secondary N) is 1. The zero-order valence-corrected chi connectivity index (χ0v) is 10.2. The van der Waals surface area contributed by atoms with Crippen LogP contribution in [-0.4, -0.2) is 16.1 Å². The lowest BCUT2D eigenvalue weighted by Crippen LogP contribution is -1.98. The van der Waals surface area contributed by atoms with Gasteiger partial charge in [0.25, 0.3) is 5.69 Å². The van der Waals surface area contributed by atoms with E-state index in [0.717, 1.165) is 18.1 Å². The van der Waals surface area contributed by atoms with Crippen LogP contribution in [0.25, 0.3) is 0 Å². The third kappa shape index (κ3) is 3.05. The van der Waals surface area contributed by atoms with Crippen molar-refractivity contribution >= 4 is 23.3 Å². The van der Waals surface area contributed by atoms with Crippen LogP contribution in [0, 0.1) is 20.2 Å². The second kappa shape index (κ2) is 5.74. The molecule has 1 N–H and O–H groups in total. The van der Waals surface area contributed by atoms with Gasteiger partial charge in [-0.05, 0) is 18.1 Å². The molecule has 1 aliphatic carbocycles. The van der Waals surface area contributed by atoms with E-state index in [4.69, 9.17) is 0 Å². The standard InChI is InChI=1S/C12H10N4O4/c17-15(18)10-5-6-11(12(7-10)16(19)20)14-13-8-9-3-1-2-4-9/h1-3,5-8,14H,4H2/b13-8+. The van der Waals surface area contributed by atoms with Gasteiger partial charge in [0.15, 0.2) is 0 Å². The van der Waals surface area contributed by atoms with E-state index in [1.807, 2.05) is 18.2 Å². The molecular weight excluding hydrogens is 264 g/mol. The molecule has 0 bridgehead atoms. The number of nitro groups is 2. The molecule has 8 nitrogen and oxygen atoms in total. The van der Waals surface area contributed by atoms with Crippen LogP contribution in [-0.2, 0) is 0 Å². The van der Waals surface area contributed by atoms with E-state index in [-0.39, 0.29) is 11.4 Å². The van der Waals surface area contributed by atoms with Gasteiger partial charge in [0.1, 0.15) is 5.69 Å². The zero-order chi connectivity index (χ0) is 14.5. The number of anilines is 1. The Morgan fingerprint density at radius 1 is 1.25 bits per heavy atom. The summed E-state index contributed by atoms with van der Waals surface area (Å²) < 4.78 is 0. The minimum Gasteiger partial charge on any atom is -0.272 e. The lowest BCUT2D eigenvalue weighted by Gasteiger charge is -2.01. The Hall–Kier alpha value is -3.03. The van der Waals surface area contributed by atoms with Gasteiger partial charge in [0.05, 0.1) is 22.1 Å². The van der Waals surface area contributed by atoms with Gasteiger partial charge in [-0.25, -0.2) is 0 Å². The highest BCUT2D eigenvalue weighted by Crippen LogP contribution is 2.28. The monoisotopic (exact) mass is 274 g/mol. The molecule has 0 aliphatic heterocycles. The van der Waals surface area contributed by atoms with Crippen molar-refractivity contribution in [3.05, 3.63) is 62.2 Å². The fraction of sp³-hybridized carbons (Fsp3) is 0.0833. The summed E-state index contributed by atoms with van der Waals surface area (Å²) in [6.07, 6.45) is 8.01. The van der Waals surface area contributed by atoms with Gasteiger partial charge in [-0.3, -0.25) is 25.7 Å². The lowest BCUT2D eigenvalue weighted by molar-refractivity contribution is -0.393. The predicted molar refractivity (Wildman–Crippen MR) is 73.7 cm³/mol. The molecule has 0 unspecified atom stereocenters. The first-order valence-corrected chi connectivity index (χ1v) is 5.65. The maximum atomic E-state index is 10.9. The van der Waals surface area contributed by atoms with Gasteiger partial charge in [-0.1, -0.05) is 18.2 Å². The van der Waals surface area contributed by atoms with Crippen LogP contribution in [0.3, 0.4) is 0 Å². The Kier molecular flexibility index (Phi) is 3.85. The molecule has 2 rings (SSSR count). The fourth-order valence-corrected chi connectivity index (χ4v) is 1.62. The van der Waals surface area contributed by atoms with Crippen molar-refractivity contribution in [1.82, 2.24) is 0 Å². The third-order valence-electron chi connectivity index (χ3n) is 2.60. The van der Waals surface area contributed by atoms with Crippen molar-refractivity contribution in [2.45, 2.75) is 6.42 Å². The summed E-state index contributed by atoms with van der Waals surface area (Å²) in [4.78, 5) is 20.1. The average molecular weight is 274 g/mol. The first-order valence-electron chi connectivity index (χ1n) is 5.65. The van der Waals surface area contributed by atoms with Crippen molar-refractivity contribution in [3.8, 4) is 0 Å². The molecule has 0 atom stereocenters. The predicted octanol–water partition coefficient (Wildman–Crippen LogP) is 2.79. The van der Waals surface area contributed by atoms with Crippen LogP contribution in [0.15, 0.2) is 47.1 Å². The molecule has 1 aliphatic rings. The van der Waals surface area contributed by atoms with Crippen LogP contribution in [0.2, 0.25) is 0 Å². The second-order valence-corrected chi connectivity index (χ2v) is 3.96. The highest BCUT2D eigenvalue weighted by Gasteiger charge is 2.18. The zero-order valence-electron chi connectivity index (χ0n) is 10.2. The van der Waals surface area contributed by atoms with Crippen molar-refractivity contribution in [2.75, 3.05) is 5.43 Å². The molecule has 1 aromatic carbocycles. The van der Waals surface area contributed by atoms with Crippen LogP contribution >= 0.6 is 0 Å². The number of nitrogens with zero attached hydrogens (tertiary/aromatic N) is 3. The summed E-state index contributed by atoms with van der Waals surface area (Å²) in [5.41, 5.74) is 2.85. The smallest absolute Gasteiger partial charge is 0.272 e. The summed E-state index contributed by atoms with van der Waals surface area (Å²) in [5.74, 6) is 0. The van der Waals surface area contributed by atoms with E-state index in [1.54, 1.807) is 6.21 Å². The SMILES string of the molecule is O=[N+]([O-])c1ccc(N/N=C/C2=CC=CC2)c([N+](=O)[O-])c1. The maximum Gasteiger partial charge on any atom is 0.301 e. The Balaban J connectivity index is 2.18. The van der Waals surface area contributed by atoms with Crippen LogP contribution < -0.4 is 5.43 Å². The quantitative estimate of drug-likeness (QED) is 0.504. The summed E-state index contributed by atoms with van der Waals surface area (Å²) in [7, 11) is 0. The number of hydrogen-bond acceptors (Lipinski definition) is 6. The minimum atomic E-state index is -0.693. The van der Waals surface area contributed by atoms with Crippen molar-refractivity contribution in [1.29, 1.82) is 0 Å². The summed E-state index contributed by atoms with van der Waals surface area (Å²) in [5, 5.41) is 25.4. The maximum absolute atomic E-state index is 10.9. The minimum absolute atomic E-state index is 0.100. The van der Waals surface area contributed by atoms with Gasteiger partial charge < -0.3 is 0 Å². The molecule has 20 heavy (non-hydrogen) atoms. The highest BCUT2D eigenvalue weighted by molar-refractivity contribution is 5.81. The van der Waals surface area contributed by atoms with E-state index >= 15 is 0 Å². The first kappa shape index (κ1) is 13.4. The number of hydrazone groups is 1. The molecule has 0 amide bonds. The molecule has 102 valence electrons. The fourth-order valence-electron chi connectivity index (χ4n) is 1.62. The average Bonchev–Trinajstić information content (AvgIpc) is 2.91. The molecule has 0 heterocycles. The number of rotatable bonds is 5. The molecule has 0 aromatic heterocycles. The number of allylic oxidation sites excluding steroid dienone is 4. The molecule has 1 aromatic rings. The number of benzene rings is 1. The Bertz CT molecular complexity index is 649. The Labute approximate surface area is 113 Å². The second-order valence-electron chi connectivity index (χ2n) is 3.96. The summed E-state index contributed by atoms with van der Waals surface area (Å²) >= 11 is 0. The summed E-state index contributed by atoms with van der Waals surface area (Å²) in [6, 6.07) is 3.34. The number of hydrogen-bond donors (Lipinski definition) is 1. The van der Waals surface area contributed by atoms with E-state index in [2.05, 4.69) is 10.5 Å². The van der Waals surface area contributed by atoms with E-state index in [9.17, 15) is 20.2 Å². The van der Waals surface area contributed by atoms with Gasteiger partial charge in [0.2, 0.25) is 0 Å². The molecule has 0 radical (unpaired) electrons. The van der Waals surface area contributed by atoms with Gasteiger partial charge in [-0.2, -0.15) is 5.10 Å². The number of nitro benzene ring substituents is 2. The van der Waals surface area contributed by atoms with Gasteiger partial charge in [-0.15, -0.1) is 0 Å². The highest BCUT2D eigenvalue weighted by atomic mass is 16.6. The van der Waals surface area contributed by atoms with Crippen LogP contribution in [0.5, 0.6) is 0 Å². The topological polar surface area (TPSA) is 111 Å². The Morgan fingerprint density at radius 3 is 2.65 bits per heavy atom. The van der Waals surface area contributed by atoms with E-state index < -0.39 is 15.5 Å². The lowest BCUT2D eigenvalue weighted by atomic mass is 10.2. The first-order chi connectivity index (χ1) is 9.58. The molecule has 0 spiro atoms. The van der Waals surface area contributed by atoms with Crippen molar-refractivity contribution in [3.63, 3.8) is 0 Å². The van der Waals surface area contributed by atoms with Gasteiger partial charge >= 0.3 is 5.69 Å². The van der Waals surface area contributed by atoms with Crippen LogP contribution in [0.4, 0.5) is 17.1 Å². The van der Waals surface area contributed by atoms with E-state index in [0.29, 0.717) is 0 Å². The molecule has 0 fully saturated rings. The molecule has 8 heteroatoms. The normalized spacial score (nSPS) is 13.5. The van der Waals surface area contributed by atoms with Crippen molar-refractivity contribution in [2.24, 2.45) is 5.10 Å². The van der Waals surface area contributed by atoms with Crippen molar-refractivity contribution < 1.29 is 9.85 Å². The van der Waals surface area contributed by atoms with Crippen LogP contribution in [0.1, 0.15) is 6.42 Å².